The second-order valence-electron chi connectivity index (χ2n) is 2.99. The zero-order chi connectivity index (χ0) is 10.6. The Bertz CT molecular complexity index is 316. The maximum atomic E-state index is 11.4. The molecule has 0 aliphatic heterocycles. The van der Waals surface area contributed by atoms with Gasteiger partial charge in [-0.1, -0.05) is 13.8 Å². The fourth-order valence-electron chi connectivity index (χ4n) is 0.912. The molecular formula is C9H16ClN3OS. The Morgan fingerprint density at radius 3 is 2.80 bits per heavy atom. The van der Waals surface area contributed by atoms with Gasteiger partial charge >= 0.3 is 0 Å². The van der Waals surface area contributed by atoms with Crippen molar-refractivity contribution in [2.24, 2.45) is 5.73 Å². The molecule has 1 rings (SSSR count). The minimum Gasteiger partial charge on any atom is -0.320 e. The van der Waals surface area contributed by atoms with Crippen LogP contribution in [0, 0.1) is 0 Å². The number of carbonyl (C=O) groups excluding carboxylic acids is 1. The Hall–Kier alpha value is -0.650. The third-order valence-electron chi connectivity index (χ3n) is 1.91. The van der Waals surface area contributed by atoms with Crippen molar-refractivity contribution in [3.8, 4) is 0 Å². The molecule has 0 aromatic carbocycles. The first kappa shape index (κ1) is 14.3. The van der Waals surface area contributed by atoms with Crippen LogP contribution in [0.25, 0.3) is 0 Å². The topological polar surface area (TPSA) is 68.0 Å². The predicted octanol–water partition coefficient (Wildman–Crippen LogP) is 1.80. The number of rotatable bonds is 4. The number of halogens is 1. The highest BCUT2D eigenvalue weighted by molar-refractivity contribution is 7.15. The summed E-state index contributed by atoms with van der Waals surface area (Å²) >= 11 is 1.49. The smallest absolute Gasteiger partial charge is 0.243 e. The van der Waals surface area contributed by atoms with E-state index in [0.717, 1.165) is 11.3 Å². The second kappa shape index (κ2) is 6.76. The average molecular weight is 250 g/mol. The van der Waals surface area contributed by atoms with Gasteiger partial charge in [0, 0.05) is 11.1 Å². The highest BCUT2D eigenvalue weighted by atomic mass is 35.5. The fourth-order valence-corrected chi connectivity index (χ4v) is 1.67. The van der Waals surface area contributed by atoms with Crippen molar-refractivity contribution in [2.75, 3.05) is 5.32 Å². The highest BCUT2D eigenvalue weighted by Crippen LogP contribution is 2.18. The van der Waals surface area contributed by atoms with Gasteiger partial charge in [0.1, 0.15) is 0 Å². The van der Waals surface area contributed by atoms with Crippen molar-refractivity contribution >= 4 is 34.8 Å². The SMILES string of the molecule is CCc1cnc(NC(=O)C(N)CC)s1.Cl. The van der Waals surface area contributed by atoms with Gasteiger partial charge in [-0.05, 0) is 12.8 Å². The molecule has 0 fully saturated rings. The Labute approximate surface area is 99.7 Å². The molecule has 3 N–H and O–H groups in total. The van der Waals surface area contributed by atoms with Gasteiger partial charge in [-0.2, -0.15) is 0 Å². The summed E-state index contributed by atoms with van der Waals surface area (Å²) in [6.45, 7) is 3.93. The molecule has 15 heavy (non-hydrogen) atoms. The van der Waals surface area contributed by atoms with Gasteiger partial charge < -0.3 is 11.1 Å². The van der Waals surface area contributed by atoms with Crippen molar-refractivity contribution in [1.82, 2.24) is 4.98 Å². The number of nitrogens with zero attached hydrogens (tertiary/aromatic N) is 1. The number of carbonyl (C=O) groups is 1. The summed E-state index contributed by atoms with van der Waals surface area (Å²) in [6.07, 6.45) is 3.35. The third-order valence-corrected chi connectivity index (χ3v) is 2.97. The molecule has 0 aliphatic carbocycles. The van der Waals surface area contributed by atoms with Crippen LogP contribution in [0.4, 0.5) is 5.13 Å². The van der Waals surface area contributed by atoms with Gasteiger partial charge in [0.25, 0.3) is 0 Å². The van der Waals surface area contributed by atoms with Gasteiger partial charge in [0.15, 0.2) is 5.13 Å². The number of amides is 1. The van der Waals surface area contributed by atoms with Crippen LogP contribution >= 0.6 is 23.7 Å². The largest absolute Gasteiger partial charge is 0.320 e. The molecule has 6 heteroatoms. The number of nitrogens with two attached hydrogens (primary N) is 1. The van der Waals surface area contributed by atoms with E-state index in [1.54, 1.807) is 6.20 Å². The van der Waals surface area contributed by atoms with E-state index in [1.165, 1.54) is 11.3 Å². The standard InChI is InChI=1S/C9H15N3OS.ClH/c1-3-6-5-11-9(14-6)12-8(13)7(10)4-2;/h5,7H,3-4,10H2,1-2H3,(H,11,12,13);1H. The molecule has 1 unspecified atom stereocenters. The van der Waals surface area contributed by atoms with Gasteiger partial charge in [0.05, 0.1) is 6.04 Å². The van der Waals surface area contributed by atoms with Crippen LogP contribution in [-0.2, 0) is 11.2 Å². The minimum absolute atomic E-state index is 0. The van der Waals surface area contributed by atoms with Crippen LogP contribution in [0.15, 0.2) is 6.20 Å². The summed E-state index contributed by atoms with van der Waals surface area (Å²) in [7, 11) is 0. The monoisotopic (exact) mass is 249 g/mol. The van der Waals surface area contributed by atoms with E-state index in [2.05, 4.69) is 17.2 Å². The molecule has 1 amide bonds. The Morgan fingerprint density at radius 1 is 1.67 bits per heavy atom. The van der Waals surface area contributed by atoms with E-state index >= 15 is 0 Å². The summed E-state index contributed by atoms with van der Waals surface area (Å²) in [5.74, 6) is -0.162. The number of aryl methyl sites for hydroxylation is 1. The lowest BCUT2D eigenvalue weighted by Gasteiger charge is -2.06. The summed E-state index contributed by atoms with van der Waals surface area (Å²) in [5, 5.41) is 3.33. The number of hydrogen-bond acceptors (Lipinski definition) is 4. The van der Waals surface area contributed by atoms with Crippen molar-refractivity contribution in [3.63, 3.8) is 0 Å². The number of thiazole rings is 1. The second-order valence-corrected chi connectivity index (χ2v) is 4.10. The molecule has 86 valence electrons. The third kappa shape index (κ3) is 4.15. The number of aromatic nitrogens is 1. The average Bonchev–Trinajstić information content (AvgIpc) is 2.64. The molecular weight excluding hydrogens is 234 g/mol. The Kier molecular flexibility index (Phi) is 6.47. The van der Waals surface area contributed by atoms with Crippen LogP contribution in [0.1, 0.15) is 25.1 Å². The number of anilines is 1. The first-order chi connectivity index (χ1) is 6.67. The van der Waals surface area contributed by atoms with Crippen molar-refractivity contribution < 1.29 is 4.79 Å². The van der Waals surface area contributed by atoms with E-state index < -0.39 is 6.04 Å². The number of nitrogens with one attached hydrogen (secondary N) is 1. The molecule has 0 saturated heterocycles. The zero-order valence-electron chi connectivity index (χ0n) is 8.82. The van der Waals surface area contributed by atoms with Crippen LogP contribution in [0.2, 0.25) is 0 Å². The van der Waals surface area contributed by atoms with Crippen molar-refractivity contribution in [1.29, 1.82) is 0 Å². The van der Waals surface area contributed by atoms with Gasteiger partial charge in [0.2, 0.25) is 5.91 Å². The van der Waals surface area contributed by atoms with Crippen LogP contribution in [0.3, 0.4) is 0 Å². The molecule has 1 aromatic rings. The molecule has 1 atom stereocenters. The Balaban J connectivity index is 0.00000196. The zero-order valence-corrected chi connectivity index (χ0v) is 10.5. The van der Waals surface area contributed by atoms with Crippen LogP contribution in [-0.4, -0.2) is 16.9 Å². The molecule has 1 heterocycles. The summed E-state index contributed by atoms with van der Waals surface area (Å²) < 4.78 is 0. The molecule has 0 radical (unpaired) electrons. The molecule has 0 spiro atoms. The molecule has 1 aromatic heterocycles. The highest BCUT2D eigenvalue weighted by Gasteiger charge is 2.12. The van der Waals surface area contributed by atoms with E-state index in [-0.39, 0.29) is 18.3 Å². The summed E-state index contributed by atoms with van der Waals surface area (Å²) in [4.78, 5) is 16.6. The van der Waals surface area contributed by atoms with Gasteiger partial charge in [-0.3, -0.25) is 4.79 Å². The lowest BCUT2D eigenvalue weighted by atomic mass is 10.2. The van der Waals surface area contributed by atoms with Crippen LogP contribution in [0.5, 0.6) is 0 Å². The van der Waals surface area contributed by atoms with Crippen molar-refractivity contribution in [3.05, 3.63) is 11.1 Å². The van der Waals surface area contributed by atoms with E-state index in [1.807, 2.05) is 6.92 Å². The molecule has 0 aliphatic rings. The summed E-state index contributed by atoms with van der Waals surface area (Å²) in [5.41, 5.74) is 5.57. The fraction of sp³-hybridized carbons (Fsp3) is 0.556. The van der Waals surface area contributed by atoms with E-state index in [4.69, 9.17) is 5.73 Å². The molecule has 0 saturated carbocycles. The Morgan fingerprint density at radius 2 is 2.33 bits per heavy atom. The minimum atomic E-state index is -0.441. The number of hydrogen-bond donors (Lipinski definition) is 2. The predicted molar refractivity (Wildman–Crippen MR) is 65.6 cm³/mol. The van der Waals surface area contributed by atoms with Gasteiger partial charge in [-0.25, -0.2) is 4.98 Å². The molecule has 0 bridgehead atoms. The quantitative estimate of drug-likeness (QED) is 0.855. The first-order valence-electron chi connectivity index (χ1n) is 4.68. The van der Waals surface area contributed by atoms with Gasteiger partial charge in [-0.15, -0.1) is 23.7 Å². The summed E-state index contributed by atoms with van der Waals surface area (Å²) in [6, 6.07) is -0.441. The molecule has 4 nitrogen and oxygen atoms in total. The first-order valence-corrected chi connectivity index (χ1v) is 5.50. The van der Waals surface area contributed by atoms with Crippen LogP contribution < -0.4 is 11.1 Å². The van der Waals surface area contributed by atoms with Crippen molar-refractivity contribution in [2.45, 2.75) is 32.7 Å². The maximum Gasteiger partial charge on any atom is 0.243 e. The normalized spacial score (nSPS) is 11.7. The lowest BCUT2D eigenvalue weighted by molar-refractivity contribution is -0.117. The van der Waals surface area contributed by atoms with E-state index in [9.17, 15) is 4.79 Å². The van der Waals surface area contributed by atoms with E-state index in [0.29, 0.717) is 11.6 Å². The maximum absolute atomic E-state index is 11.4. The lowest BCUT2D eigenvalue weighted by Crippen LogP contribution is -2.34.